The molecule has 0 aromatic carbocycles. The standard InChI is InChI=1S/C16H16F3N5O2S/c17-12-6-4-21-16(25)11(6)13(10-3-9(14(18)19)24-27-10)23-15(12)22-8-1-2-26-5-7(8)20/h3,7-8,14H,1-2,4-5,20H2,(H,21,25)(H,22,23). The summed E-state index contributed by atoms with van der Waals surface area (Å²) in [6.45, 7) is 0.825. The first-order valence-electron chi connectivity index (χ1n) is 8.31. The number of pyridine rings is 1. The number of hydrogen-bond donors (Lipinski definition) is 3. The molecule has 0 radical (unpaired) electrons. The molecule has 2 aromatic heterocycles. The monoisotopic (exact) mass is 399 g/mol. The van der Waals surface area contributed by atoms with E-state index in [0.717, 1.165) is 11.5 Å². The van der Waals surface area contributed by atoms with Gasteiger partial charge in [0.25, 0.3) is 12.3 Å². The molecule has 27 heavy (non-hydrogen) atoms. The van der Waals surface area contributed by atoms with Crippen molar-refractivity contribution in [3.8, 4) is 10.6 Å². The Morgan fingerprint density at radius 1 is 1.44 bits per heavy atom. The van der Waals surface area contributed by atoms with Crippen LogP contribution in [0.5, 0.6) is 0 Å². The zero-order chi connectivity index (χ0) is 19.1. The van der Waals surface area contributed by atoms with Gasteiger partial charge in [0.05, 0.1) is 22.7 Å². The number of hydrogen-bond acceptors (Lipinski definition) is 7. The average molecular weight is 399 g/mol. The molecule has 2 aromatic rings. The Kier molecular flexibility index (Phi) is 4.74. The molecule has 2 unspecified atom stereocenters. The first-order chi connectivity index (χ1) is 13.0. The summed E-state index contributed by atoms with van der Waals surface area (Å²) in [6, 6.07) is 0.575. The Morgan fingerprint density at radius 3 is 2.96 bits per heavy atom. The molecule has 1 saturated heterocycles. The summed E-state index contributed by atoms with van der Waals surface area (Å²) in [7, 11) is 0. The molecule has 11 heteroatoms. The summed E-state index contributed by atoms with van der Waals surface area (Å²) < 4.78 is 49.7. The van der Waals surface area contributed by atoms with Gasteiger partial charge in [0.2, 0.25) is 0 Å². The average Bonchev–Trinajstić information content (AvgIpc) is 3.27. The Labute approximate surface area is 156 Å². The maximum Gasteiger partial charge on any atom is 0.281 e. The van der Waals surface area contributed by atoms with Gasteiger partial charge in [-0.3, -0.25) is 4.79 Å². The number of rotatable bonds is 4. The zero-order valence-corrected chi connectivity index (χ0v) is 14.8. The van der Waals surface area contributed by atoms with E-state index >= 15 is 0 Å². The summed E-state index contributed by atoms with van der Waals surface area (Å²) >= 11 is 0.793. The summed E-state index contributed by atoms with van der Waals surface area (Å²) in [5.74, 6) is -1.20. The zero-order valence-electron chi connectivity index (χ0n) is 14.0. The van der Waals surface area contributed by atoms with Crippen LogP contribution in [-0.4, -0.2) is 40.6 Å². The van der Waals surface area contributed by atoms with Gasteiger partial charge in [0.1, 0.15) is 5.69 Å². The minimum Gasteiger partial charge on any atom is -0.380 e. The lowest BCUT2D eigenvalue weighted by atomic mass is 10.0. The smallest absolute Gasteiger partial charge is 0.281 e. The number of halogens is 3. The number of nitrogens with one attached hydrogen (secondary N) is 2. The highest BCUT2D eigenvalue weighted by Gasteiger charge is 2.33. The van der Waals surface area contributed by atoms with Crippen LogP contribution in [-0.2, 0) is 11.3 Å². The number of amides is 1. The number of alkyl halides is 2. The summed E-state index contributed by atoms with van der Waals surface area (Å²) in [6.07, 6.45) is -2.17. The molecule has 1 amide bonds. The minimum atomic E-state index is -2.74. The van der Waals surface area contributed by atoms with E-state index in [1.807, 2.05) is 0 Å². The van der Waals surface area contributed by atoms with Crippen LogP contribution in [0.25, 0.3) is 10.6 Å². The van der Waals surface area contributed by atoms with Crippen LogP contribution in [0.2, 0.25) is 0 Å². The number of ether oxygens (including phenoxy) is 1. The van der Waals surface area contributed by atoms with Gasteiger partial charge in [-0.25, -0.2) is 18.2 Å². The molecule has 1 fully saturated rings. The molecule has 0 aliphatic carbocycles. The molecule has 4 rings (SSSR count). The second-order valence-electron chi connectivity index (χ2n) is 6.35. The van der Waals surface area contributed by atoms with Crippen molar-refractivity contribution in [1.82, 2.24) is 14.7 Å². The molecule has 4 heterocycles. The van der Waals surface area contributed by atoms with Crippen molar-refractivity contribution in [2.24, 2.45) is 5.73 Å². The van der Waals surface area contributed by atoms with E-state index in [1.165, 1.54) is 6.07 Å². The van der Waals surface area contributed by atoms with E-state index in [9.17, 15) is 18.0 Å². The van der Waals surface area contributed by atoms with E-state index in [-0.39, 0.29) is 46.1 Å². The lowest BCUT2D eigenvalue weighted by molar-refractivity contribution is 0.0751. The third kappa shape index (κ3) is 3.26. The molecular formula is C16H16F3N5O2S. The second-order valence-corrected chi connectivity index (χ2v) is 7.16. The van der Waals surface area contributed by atoms with Crippen LogP contribution in [0.4, 0.5) is 19.0 Å². The number of aromatic nitrogens is 2. The summed E-state index contributed by atoms with van der Waals surface area (Å²) in [5, 5.41) is 5.54. The highest BCUT2D eigenvalue weighted by atomic mass is 32.1. The first kappa shape index (κ1) is 18.1. The Bertz CT molecular complexity index is 891. The van der Waals surface area contributed by atoms with E-state index in [2.05, 4.69) is 20.0 Å². The molecule has 4 N–H and O–H groups in total. The van der Waals surface area contributed by atoms with Gasteiger partial charge in [-0.15, -0.1) is 0 Å². The lowest BCUT2D eigenvalue weighted by Crippen LogP contribution is -2.48. The Hall–Kier alpha value is -2.24. The van der Waals surface area contributed by atoms with Crippen LogP contribution in [0.1, 0.15) is 34.5 Å². The lowest BCUT2D eigenvalue weighted by Gasteiger charge is -2.30. The van der Waals surface area contributed by atoms with Crippen molar-refractivity contribution in [1.29, 1.82) is 0 Å². The minimum absolute atomic E-state index is 0.00450. The fourth-order valence-electron chi connectivity index (χ4n) is 3.17. The van der Waals surface area contributed by atoms with Crippen molar-refractivity contribution in [2.45, 2.75) is 31.5 Å². The van der Waals surface area contributed by atoms with E-state index in [0.29, 0.717) is 19.6 Å². The van der Waals surface area contributed by atoms with Crippen molar-refractivity contribution in [3.05, 3.63) is 28.7 Å². The topological polar surface area (TPSA) is 102 Å². The van der Waals surface area contributed by atoms with E-state index in [1.54, 1.807) is 0 Å². The third-order valence-corrected chi connectivity index (χ3v) is 5.41. The fourth-order valence-corrected chi connectivity index (χ4v) is 3.92. The van der Waals surface area contributed by atoms with Gasteiger partial charge >= 0.3 is 0 Å². The number of fused-ring (bicyclic) bond motifs is 1. The molecule has 2 atom stereocenters. The van der Waals surface area contributed by atoms with Gasteiger partial charge in [0.15, 0.2) is 11.6 Å². The highest BCUT2D eigenvalue weighted by molar-refractivity contribution is 7.09. The first-order valence-corrected chi connectivity index (χ1v) is 9.08. The number of anilines is 1. The molecule has 7 nitrogen and oxygen atoms in total. The molecule has 144 valence electrons. The molecule has 2 aliphatic rings. The van der Waals surface area contributed by atoms with Crippen LogP contribution in [0, 0.1) is 5.82 Å². The number of nitrogens with two attached hydrogens (primary N) is 1. The number of carbonyl (C=O) groups excluding carboxylic acids is 1. The third-order valence-electron chi connectivity index (χ3n) is 4.60. The second kappa shape index (κ2) is 7.06. The maximum absolute atomic E-state index is 14.9. The highest BCUT2D eigenvalue weighted by Crippen LogP contribution is 2.36. The normalized spacial score (nSPS) is 22.0. The van der Waals surface area contributed by atoms with Gasteiger partial charge in [-0.2, -0.15) is 4.37 Å². The predicted octanol–water partition coefficient (Wildman–Crippen LogP) is 2.05. The van der Waals surface area contributed by atoms with Crippen LogP contribution in [0.15, 0.2) is 6.07 Å². The van der Waals surface area contributed by atoms with E-state index < -0.39 is 23.8 Å². The Balaban J connectivity index is 1.78. The maximum atomic E-state index is 14.9. The van der Waals surface area contributed by atoms with Crippen molar-refractivity contribution in [2.75, 3.05) is 18.5 Å². The van der Waals surface area contributed by atoms with Gasteiger partial charge in [0, 0.05) is 30.8 Å². The molecule has 0 bridgehead atoms. The number of nitrogens with zero attached hydrogens (tertiary/aromatic N) is 2. The van der Waals surface area contributed by atoms with Crippen molar-refractivity contribution in [3.63, 3.8) is 0 Å². The van der Waals surface area contributed by atoms with Crippen molar-refractivity contribution < 1.29 is 22.7 Å². The predicted molar refractivity (Wildman–Crippen MR) is 92.3 cm³/mol. The molecule has 2 aliphatic heterocycles. The van der Waals surface area contributed by atoms with Crippen LogP contribution in [0.3, 0.4) is 0 Å². The van der Waals surface area contributed by atoms with Gasteiger partial charge in [-0.1, -0.05) is 0 Å². The van der Waals surface area contributed by atoms with Gasteiger partial charge < -0.3 is 21.1 Å². The molecule has 0 saturated carbocycles. The summed E-state index contributed by atoms with van der Waals surface area (Å²) in [4.78, 5) is 16.7. The quantitative estimate of drug-likeness (QED) is 0.727. The van der Waals surface area contributed by atoms with Crippen LogP contribution >= 0.6 is 11.5 Å². The number of carbonyl (C=O) groups is 1. The van der Waals surface area contributed by atoms with Crippen molar-refractivity contribution >= 4 is 23.3 Å². The molecular weight excluding hydrogens is 383 g/mol. The Morgan fingerprint density at radius 2 is 2.26 bits per heavy atom. The summed E-state index contributed by atoms with van der Waals surface area (Å²) in [5.41, 5.74) is 5.93. The largest absolute Gasteiger partial charge is 0.380 e. The van der Waals surface area contributed by atoms with Gasteiger partial charge in [-0.05, 0) is 24.0 Å². The van der Waals surface area contributed by atoms with E-state index in [4.69, 9.17) is 10.5 Å². The molecule has 0 spiro atoms. The van der Waals surface area contributed by atoms with Crippen LogP contribution < -0.4 is 16.4 Å². The fraction of sp³-hybridized carbons (Fsp3) is 0.438. The SMILES string of the molecule is NC1COCCC1Nc1nc(-c2cc(C(F)F)ns2)c2c(c1F)CNC2=O.